The highest BCUT2D eigenvalue weighted by molar-refractivity contribution is 7.11. The molecule has 0 spiro atoms. The number of thiazole rings is 1. The van der Waals surface area contributed by atoms with Crippen molar-refractivity contribution in [1.82, 2.24) is 4.98 Å². The van der Waals surface area contributed by atoms with Crippen molar-refractivity contribution in [3.05, 3.63) is 45.7 Å². The van der Waals surface area contributed by atoms with Crippen molar-refractivity contribution < 1.29 is 9.13 Å². The van der Waals surface area contributed by atoms with Crippen LogP contribution < -0.4 is 4.74 Å². The van der Waals surface area contributed by atoms with Crippen LogP contribution in [-0.2, 0) is 13.0 Å². The zero-order valence-corrected chi connectivity index (χ0v) is 12.2. The zero-order valence-electron chi connectivity index (χ0n) is 11.4. The van der Waals surface area contributed by atoms with Gasteiger partial charge in [0.05, 0.1) is 18.2 Å². The fraction of sp³-hybridized carbons (Fsp3) is 0.333. The van der Waals surface area contributed by atoms with E-state index in [-0.39, 0.29) is 24.1 Å². The number of benzene rings is 1. The summed E-state index contributed by atoms with van der Waals surface area (Å²) in [5.74, 6) is 0.0952. The average molecular weight is 290 g/mol. The first-order chi connectivity index (χ1) is 9.61. The van der Waals surface area contributed by atoms with Crippen molar-refractivity contribution >= 4 is 11.3 Å². The Morgan fingerprint density at radius 2 is 2.15 bits per heavy atom. The van der Waals surface area contributed by atoms with Crippen LogP contribution in [0.2, 0.25) is 0 Å². The maximum atomic E-state index is 13.4. The Morgan fingerprint density at radius 1 is 1.40 bits per heavy atom. The van der Waals surface area contributed by atoms with Crippen LogP contribution in [0.1, 0.15) is 35.3 Å². The summed E-state index contributed by atoms with van der Waals surface area (Å²) in [6, 6.07) is 8.43. The summed E-state index contributed by atoms with van der Waals surface area (Å²) in [4.78, 5) is 5.46. The van der Waals surface area contributed by atoms with Crippen molar-refractivity contribution in [1.29, 1.82) is 5.26 Å². The normalized spacial score (nSPS) is 10.6. The van der Waals surface area contributed by atoms with Gasteiger partial charge in [-0.25, -0.2) is 9.37 Å². The largest absolute Gasteiger partial charge is 0.483 e. The average Bonchev–Trinajstić information content (AvgIpc) is 2.82. The number of nitrogens with zero attached hydrogens (tertiary/aromatic N) is 2. The van der Waals surface area contributed by atoms with Gasteiger partial charge < -0.3 is 4.74 Å². The molecule has 20 heavy (non-hydrogen) atoms. The molecule has 0 aliphatic carbocycles. The van der Waals surface area contributed by atoms with Crippen LogP contribution in [0, 0.1) is 17.1 Å². The third kappa shape index (κ3) is 3.34. The van der Waals surface area contributed by atoms with E-state index in [1.807, 2.05) is 13.8 Å². The number of ether oxygens (including phenoxy) is 1. The van der Waals surface area contributed by atoms with Gasteiger partial charge in [0.1, 0.15) is 11.6 Å². The lowest BCUT2D eigenvalue weighted by atomic mass is 10.1. The lowest BCUT2D eigenvalue weighted by molar-refractivity contribution is 0.289. The molecule has 0 amide bonds. The van der Waals surface area contributed by atoms with Crippen molar-refractivity contribution in [2.45, 2.75) is 32.8 Å². The van der Waals surface area contributed by atoms with Crippen LogP contribution in [0.4, 0.5) is 4.39 Å². The SMILES string of the molecule is CC(C)c1nc(COc2ccccc2F)sc1CC#N. The van der Waals surface area contributed by atoms with Crippen LogP contribution in [0.5, 0.6) is 5.75 Å². The Labute approximate surface area is 121 Å². The minimum absolute atomic E-state index is 0.218. The lowest BCUT2D eigenvalue weighted by Crippen LogP contribution is -1.98. The Kier molecular flexibility index (Phi) is 4.70. The highest BCUT2D eigenvalue weighted by Gasteiger charge is 2.14. The molecule has 0 atom stereocenters. The van der Waals surface area contributed by atoms with E-state index in [4.69, 9.17) is 10.00 Å². The van der Waals surface area contributed by atoms with Crippen LogP contribution in [0.15, 0.2) is 24.3 Å². The maximum absolute atomic E-state index is 13.4. The molecule has 0 aliphatic rings. The first-order valence-electron chi connectivity index (χ1n) is 6.34. The number of aromatic nitrogens is 1. The Bertz CT molecular complexity index is 631. The fourth-order valence-electron chi connectivity index (χ4n) is 1.83. The Morgan fingerprint density at radius 3 is 2.80 bits per heavy atom. The van der Waals surface area contributed by atoms with Gasteiger partial charge in [-0.1, -0.05) is 26.0 Å². The predicted molar refractivity (Wildman–Crippen MR) is 76.3 cm³/mol. The van der Waals surface area contributed by atoms with Crippen molar-refractivity contribution in [3.63, 3.8) is 0 Å². The minimum atomic E-state index is -0.384. The van der Waals surface area contributed by atoms with Gasteiger partial charge in [-0.15, -0.1) is 11.3 Å². The van der Waals surface area contributed by atoms with E-state index in [1.54, 1.807) is 18.2 Å². The van der Waals surface area contributed by atoms with E-state index in [2.05, 4.69) is 11.1 Å². The number of para-hydroxylation sites is 1. The molecule has 3 nitrogen and oxygen atoms in total. The molecule has 2 rings (SSSR count). The van der Waals surface area contributed by atoms with E-state index in [9.17, 15) is 4.39 Å². The fourth-order valence-corrected chi connectivity index (χ4v) is 2.90. The van der Waals surface area contributed by atoms with E-state index >= 15 is 0 Å². The molecule has 0 aliphatic heterocycles. The van der Waals surface area contributed by atoms with Gasteiger partial charge in [0, 0.05) is 4.88 Å². The minimum Gasteiger partial charge on any atom is -0.483 e. The molecule has 1 heterocycles. The van der Waals surface area contributed by atoms with E-state index < -0.39 is 0 Å². The molecule has 0 fully saturated rings. The summed E-state index contributed by atoms with van der Waals surface area (Å²) >= 11 is 1.46. The van der Waals surface area contributed by atoms with Crippen LogP contribution >= 0.6 is 11.3 Å². The van der Waals surface area contributed by atoms with E-state index in [1.165, 1.54) is 17.4 Å². The third-order valence-corrected chi connectivity index (χ3v) is 3.79. The smallest absolute Gasteiger partial charge is 0.165 e. The lowest BCUT2D eigenvalue weighted by Gasteiger charge is -2.04. The first kappa shape index (κ1) is 14.5. The van der Waals surface area contributed by atoms with Crippen molar-refractivity contribution in [3.8, 4) is 11.8 Å². The Balaban J connectivity index is 2.12. The molecule has 104 valence electrons. The number of halogens is 1. The quantitative estimate of drug-likeness (QED) is 0.834. The second kappa shape index (κ2) is 6.49. The summed E-state index contributed by atoms with van der Waals surface area (Å²) in [5, 5.41) is 9.59. The second-order valence-corrected chi connectivity index (χ2v) is 5.79. The van der Waals surface area contributed by atoms with Gasteiger partial charge >= 0.3 is 0 Å². The van der Waals surface area contributed by atoms with Gasteiger partial charge in [0.25, 0.3) is 0 Å². The van der Waals surface area contributed by atoms with Crippen LogP contribution in [-0.4, -0.2) is 4.98 Å². The number of hydrogen-bond acceptors (Lipinski definition) is 4. The molecule has 0 saturated carbocycles. The van der Waals surface area contributed by atoms with Crippen LogP contribution in [0.3, 0.4) is 0 Å². The standard InChI is InChI=1S/C15H15FN2OS/c1-10(2)15-13(7-8-17)20-14(18-15)9-19-12-6-4-3-5-11(12)16/h3-6,10H,7,9H2,1-2H3. The monoisotopic (exact) mass is 290 g/mol. The van der Waals surface area contributed by atoms with E-state index in [0.717, 1.165) is 15.6 Å². The van der Waals surface area contributed by atoms with Crippen molar-refractivity contribution in [2.24, 2.45) is 0 Å². The van der Waals surface area contributed by atoms with E-state index in [0.29, 0.717) is 6.42 Å². The van der Waals surface area contributed by atoms with Gasteiger partial charge in [0.2, 0.25) is 0 Å². The molecule has 1 aromatic carbocycles. The first-order valence-corrected chi connectivity index (χ1v) is 7.16. The molecule has 0 unspecified atom stereocenters. The number of rotatable bonds is 5. The molecule has 0 N–H and O–H groups in total. The molecule has 5 heteroatoms. The van der Waals surface area contributed by atoms with Gasteiger partial charge in [-0.3, -0.25) is 0 Å². The molecule has 0 radical (unpaired) electrons. The van der Waals surface area contributed by atoms with Crippen molar-refractivity contribution in [2.75, 3.05) is 0 Å². The highest BCUT2D eigenvalue weighted by atomic mass is 32.1. The summed E-state index contributed by atoms with van der Waals surface area (Å²) in [6.45, 7) is 4.30. The van der Waals surface area contributed by atoms with Gasteiger partial charge in [-0.05, 0) is 18.1 Å². The molecular formula is C15H15FN2OS. The maximum Gasteiger partial charge on any atom is 0.165 e. The summed E-state index contributed by atoms with van der Waals surface area (Å²) in [6.07, 6.45) is 0.352. The molecule has 2 aromatic rings. The summed E-state index contributed by atoms with van der Waals surface area (Å²) < 4.78 is 18.9. The highest BCUT2D eigenvalue weighted by Crippen LogP contribution is 2.27. The van der Waals surface area contributed by atoms with Crippen LogP contribution in [0.25, 0.3) is 0 Å². The van der Waals surface area contributed by atoms with Gasteiger partial charge in [-0.2, -0.15) is 5.26 Å². The number of hydrogen-bond donors (Lipinski definition) is 0. The molecular weight excluding hydrogens is 275 g/mol. The zero-order chi connectivity index (χ0) is 14.5. The predicted octanol–water partition coefficient (Wildman–Crippen LogP) is 4.05. The molecule has 0 saturated heterocycles. The second-order valence-electron chi connectivity index (χ2n) is 4.62. The number of nitriles is 1. The Hall–Kier alpha value is -1.93. The van der Waals surface area contributed by atoms with Gasteiger partial charge in [0.15, 0.2) is 11.6 Å². The molecule has 1 aromatic heterocycles. The summed E-state index contributed by atoms with van der Waals surface area (Å²) in [5.41, 5.74) is 0.934. The third-order valence-electron chi connectivity index (χ3n) is 2.75. The topological polar surface area (TPSA) is 45.9 Å². The molecule has 0 bridgehead atoms. The summed E-state index contributed by atoms with van der Waals surface area (Å²) in [7, 11) is 0.